The number of anilines is 1. The molecule has 1 amide bonds. The van der Waals surface area contributed by atoms with Crippen LogP contribution in [0.3, 0.4) is 0 Å². The van der Waals surface area contributed by atoms with Gasteiger partial charge in [0.1, 0.15) is 11.5 Å². The van der Waals surface area contributed by atoms with Crippen LogP contribution in [-0.2, 0) is 4.79 Å². The van der Waals surface area contributed by atoms with Gasteiger partial charge in [-0.15, -0.1) is 0 Å². The van der Waals surface area contributed by atoms with Crippen molar-refractivity contribution in [3.63, 3.8) is 0 Å². The zero-order valence-corrected chi connectivity index (χ0v) is 15.9. The number of carbonyl (C=O) groups excluding carboxylic acids is 1. The number of aryl methyl sites for hydroxylation is 1. The van der Waals surface area contributed by atoms with Crippen LogP contribution in [0.2, 0.25) is 0 Å². The molecule has 0 bridgehead atoms. The zero-order valence-electron chi connectivity index (χ0n) is 15.9. The van der Waals surface area contributed by atoms with Crippen LogP contribution in [-0.4, -0.2) is 31.8 Å². The number of hydrogen-bond acceptors (Lipinski definition) is 4. The Morgan fingerprint density at radius 3 is 2.54 bits per heavy atom. The summed E-state index contributed by atoms with van der Waals surface area (Å²) in [4.78, 5) is 14.4. The standard InChI is InChI=1S/C21H27NO4/c1-5-22(16-8-6-7-15(2)13-16)21(24)12-11-19(23)18-10-9-17(25-3)14-20(18)26-4/h6-10,13-14,19,23H,5,11-12H2,1-4H3. The summed E-state index contributed by atoms with van der Waals surface area (Å²) in [6.07, 6.45) is -0.210. The summed E-state index contributed by atoms with van der Waals surface area (Å²) in [7, 11) is 3.13. The van der Waals surface area contributed by atoms with Crippen LogP contribution >= 0.6 is 0 Å². The summed E-state index contributed by atoms with van der Waals surface area (Å²) >= 11 is 0. The second kappa shape index (κ2) is 9.25. The van der Waals surface area contributed by atoms with Gasteiger partial charge in [-0.25, -0.2) is 0 Å². The Morgan fingerprint density at radius 2 is 1.92 bits per heavy atom. The van der Waals surface area contributed by atoms with Crippen molar-refractivity contribution in [2.45, 2.75) is 32.8 Å². The molecule has 0 aliphatic carbocycles. The molecule has 0 saturated heterocycles. The number of carbonyl (C=O) groups is 1. The molecular weight excluding hydrogens is 330 g/mol. The topological polar surface area (TPSA) is 59.0 Å². The summed E-state index contributed by atoms with van der Waals surface area (Å²) < 4.78 is 10.5. The van der Waals surface area contributed by atoms with Crippen molar-refractivity contribution in [3.05, 3.63) is 53.6 Å². The Kier molecular flexibility index (Phi) is 7.04. The monoisotopic (exact) mass is 357 g/mol. The number of rotatable bonds is 8. The van der Waals surface area contributed by atoms with E-state index < -0.39 is 6.10 Å². The fourth-order valence-electron chi connectivity index (χ4n) is 2.94. The van der Waals surface area contributed by atoms with E-state index in [0.29, 0.717) is 30.0 Å². The SMILES string of the molecule is CCN(C(=O)CCC(O)c1ccc(OC)cc1OC)c1cccc(C)c1. The molecule has 0 aliphatic rings. The van der Waals surface area contributed by atoms with Gasteiger partial charge in [0.15, 0.2) is 0 Å². The maximum atomic E-state index is 12.6. The first kappa shape index (κ1) is 19.8. The molecule has 0 radical (unpaired) electrons. The average molecular weight is 357 g/mol. The number of amides is 1. The van der Waals surface area contributed by atoms with Crippen molar-refractivity contribution in [3.8, 4) is 11.5 Å². The number of ether oxygens (including phenoxy) is 2. The molecule has 0 heterocycles. The van der Waals surface area contributed by atoms with Crippen LogP contribution in [0.1, 0.15) is 37.0 Å². The second-order valence-electron chi connectivity index (χ2n) is 6.14. The molecule has 0 aromatic heterocycles. The van der Waals surface area contributed by atoms with Crippen molar-refractivity contribution in [2.75, 3.05) is 25.7 Å². The van der Waals surface area contributed by atoms with E-state index in [2.05, 4.69) is 0 Å². The quantitative estimate of drug-likeness (QED) is 0.779. The third kappa shape index (κ3) is 4.76. The lowest BCUT2D eigenvalue weighted by atomic mass is 10.0. The molecule has 0 saturated carbocycles. The van der Waals surface area contributed by atoms with Crippen molar-refractivity contribution >= 4 is 11.6 Å². The van der Waals surface area contributed by atoms with Gasteiger partial charge >= 0.3 is 0 Å². The minimum Gasteiger partial charge on any atom is -0.497 e. The summed E-state index contributed by atoms with van der Waals surface area (Å²) in [5.41, 5.74) is 2.64. The minimum absolute atomic E-state index is 0.00960. The number of benzene rings is 2. The van der Waals surface area contributed by atoms with E-state index in [1.165, 1.54) is 0 Å². The minimum atomic E-state index is -0.781. The summed E-state index contributed by atoms with van der Waals surface area (Å²) in [5.74, 6) is 1.20. The molecule has 0 fully saturated rings. The molecule has 1 unspecified atom stereocenters. The molecule has 140 valence electrons. The molecule has 2 aromatic rings. The van der Waals surface area contributed by atoms with E-state index in [0.717, 1.165) is 11.3 Å². The molecule has 1 atom stereocenters. The summed E-state index contributed by atoms with van der Waals surface area (Å²) in [6.45, 7) is 4.54. The smallest absolute Gasteiger partial charge is 0.227 e. The van der Waals surface area contributed by atoms with Gasteiger partial charge in [0, 0.05) is 30.3 Å². The average Bonchev–Trinajstić information content (AvgIpc) is 2.66. The number of aliphatic hydroxyl groups excluding tert-OH is 1. The van der Waals surface area contributed by atoms with E-state index in [1.807, 2.05) is 38.1 Å². The van der Waals surface area contributed by atoms with Crippen LogP contribution in [0.15, 0.2) is 42.5 Å². The highest BCUT2D eigenvalue weighted by Crippen LogP contribution is 2.32. The molecular formula is C21H27NO4. The van der Waals surface area contributed by atoms with E-state index in [9.17, 15) is 9.90 Å². The van der Waals surface area contributed by atoms with Crippen LogP contribution in [0, 0.1) is 6.92 Å². The lowest BCUT2D eigenvalue weighted by Gasteiger charge is -2.22. The Morgan fingerprint density at radius 1 is 1.15 bits per heavy atom. The molecule has 1 N–H and O–H groups in total. The normalized spacial score (nSPS) is 11.7. The van der Waals surface area contributed by atoms with E-state index in [4.69, 9.17) is 9.47 Å². The van der Waals surface area contributed by atoms with E-state index >= 15 is 0 Å². The maximum absolute atomic E-state index is 12.6. The molecule has 26 heavy (non-hydrogen) atoms. The maximum Gasteiger partial charge on any atom is 0.227 e. The van der Waals surface area contributed by atoms with Crippen molar-refractivity contribution in [1.29, 1.82) is 0 Å². The Labute approximate surface area is 155 Å². The lowest BCUT2D eigenvalue weighted by molar-refractivity contribution is -0.119. The first-order valence-electron chi connectivity index (χ1n) is 8.77. The van der Waals surface area contributed by atoms with Crippen LogP contribution in [0.25, 0.3) is 0 Å². The highest BCUT2D eigenvalue weighted by Gasteiger charge is 2.19. The van der Waals surface area contributed by atoms with Crippen LogP contribution in [0.5, 0.6) is 11.5 Å². The molecule has 0 aliphatic heterocycles. The fourth-order valence-corrected chi connectivity index (χ4v) is 2.94. The molecule has 5 nitrogen and oxygen atoms in total. The van der Waals surface area contributed by atoms with Crippen LogP contribution in [0.4, 0.5) is 5.69 Å². The second-order valence-corrected chi connectivity index (χ2v) is 6.14. The lowest BCUT2D eigenvalue weighted by Crippen LogP contribution is -2.30. The van der Waals surface area contributed by atoms with Gasteiger partial charge in [0.05, 0.1) is 20.3 Å². The largest absolute Gasteiger partial charge is 0.497 e. The zero-order chi connectivity index (χ0) is 19.1. The van der Waals surface area contributed by atoms with Gasteiger partial charge in [0.2, 0.25) is 5.91 Å². The molecule has 2 rings (SSSR count). The highest BCUT2D eigenvalue weighted by atomic mass is 16.5. The van der Waals surface area contributed by atoms with Gasteiger partial charge in [-0.05, 0) is 50.1 Å². The highest BCUT2D eigenvalue weighted by molar-refractivity contribution is 5.93. The third-order valence-corrected chi connectivity index (χ3v) is 4.36. The predicted octanol–water partition coefficient (Wildman–Crippen LogP) is 3.88. The summed E-state index contributed by atoms with van der Waals surface area (Å²) in [5, 5.41) is 10.5. The number of hydrogen-bond donors (Lipinski definition) is 1. The van der Waals surface area contributed by atoms with Gasteiger partial charge in [-0.3, -0.25) is 4.79 Å². The van der Waals surface area contributed by atoms with E-state index in [1.54, 1.807) is 37.3 Å². The van der Waals surface area contributed by atoms with Gasteiger partial charge < -0.3 is 19.5 Å². The molecule has 5 heteroatoms. The van der Waals surface area contributed by atoms with Crippen molar-refractivity contribution in [1.82, 2.24) is 0 Å². The van der Waals surface area contributed by atoms with Crippen molar-refractivity contribution < 1.29 is 19.4 Å². The van der Waals surface area contributed by atoms with Gasteiger partial charge in [0.25, 0.3) is 0 Å². The first-order valence-corrected chi connectivity index (χ1v) is 8.77. The fraction of sp³-hybridized carbons (Fsp3) is 0.381. The Balaban J connectivity index is 2.06. The van der Waals surface area contributed by atoms with Crippen molar-refractivity contribution in [2.24, 2.45) is 0 Å². The summed E-state index contributed by atoms with van der Waals surface area (Å²) in [6, 6.07) is 13.1. The van der Waals surface area contributed by atoms with Crippen LogP contribution < -0.4 is 14.4 Å². The van der Waals surface area contributed by atoms with E-state index in [-0.39, 0.29) is 12.3 Å². The Hall–Kier alpha value is -2.53. The molecule has 2 aromatic carbocycles. The number of methoxy groups -OCH3 is 2. The Bertz CT molecular complexity index is 745. The van der Waals surface area contributed by atoms with Gasteiger partial charge in [-0.2, -0.15) is 0 Å². The molecule has 0 spiro atoms. The number of aliphatic hydroxyl groups is 1. The van der Waals surface area contributed by atoms with Gasteiger partial charge in [-0.1, -0.05) is 12.1 Å². The third-order valence-electron chi connectivity index (χ3n) is 4.36. The number of nitrogens with zero attached hydrogens (tertiary/aromatic N) is 1. The predicted molar refractivity (Wildman–Crippen MR) is 103 cm³/mol. The first-order chi connectivity index (χ1) is 12.5.